The summed E-state index contributed by atoms with van der Waals surface area (Å²) < 4.78 is 10.4. The lowest BCUT2D eigenvalue weighted by Crippen LogP contribution is -2.37. The molecule has 1 aromatic carbocycles. The van der Waals surface area contributed by atoms with Crippen LogP contribution in [0.5, 0.6) is 0 Å². The second-order valence-electron chi connectivity index (χ2n) is 5.47. The van der Waals surface area contributed by atoms with Gasteiger partial charge in [-0.1, -0.05) is 18.2 Å². The first-order valence-corrected chi connectivity index (χ1v) is 7.57. The summed E-state index contributed by atoms with van der Waals surface area (Å²) in [5.74, 6) is 0. The summed E-state index contributed by atoms with van der Waals surface area (Å²) in [5.41, 5.74) is 4.01. The van der Waals surface area contributed by atoms with Crippen LogP contribution < -0.4 is 5.32 Å². The van der Waals surface area contributed by atoms with E-state index in [4.69, 9.17) is 9.47 Å². The van der Waals surface area contributed by atoms with Crippen LogP contribution >= 0.6 is 0 Å². The fourth-order valence-electron chi connectivity index (χ4n) is 2.34. The zero-order valence-corrected chi connectivity index (χ0v) is 14.1. The minimum Gasteiger partial charge on any atom is -0.383 e. The van der Waals surface area contributed by atoms with Crippen molar-refractivity contribution in [2.45, 2.75) is 19.9 Å². The number of nitrogens with one attached hydrogen (secondary N) is 1. The average molecular weight is 294 g/mol. The zero-order valence-electron chi connectivity index (χ0n) is 14.1. The summed E-state index contributed by atoms with van der Waals surface area (Å²) in [6.07, 6.45) is 0. The van der Waals surface area contributed by atoms with Gasteiger partial charge in [-0.05, 0) is 37.6 Å². The predicted molar refractivity (Wildman–Crippen MR) is 87.9 cm³/mol. The third-order valence-electron chi connectivity index (χ3n) is 3.95. The Morgan fingerprint density at radius 3 is 2.14 bits per heavy atom. The van der Waals surface area contributed by atoms with Gasteiger partial charge in [-0.3, -0.25) is 4.90 Å². The summed E-state index contributed by atoms with van der Waals surface area (Å²) in [7, 11) is 5.51. The van der Waals surface area contributed by atoms with Crippen LogP contribution in [0.15, 0.2) is 18.2 Å². The van der Waals surface area contributed by atoms with E-state index in [2.05, 4.69) is 42.3 Å². The third-order valence-corrected chi connectivity index (χ3v) is 3.95. The fourth-order valence-corrected chi connectivity index (χ4v) is 2.34. The normalized spacial score (nSPS) is 12.9. The number of hydrogen-bond donors (Lipinski definition) is 1. The van der Waals surface area contributed by atoms with Crippen molar-refractivity contribution >= 4 is 0 Å². The highest BCUT2D eigenvalue weighted by Crippen LogP contribution is 2.18. The highest BCUT2D eigenvalue weighted by Gasteiger charge is 2.15. The summed E-state index contributed by atoms with van der Waals surface area (Å²) in [6, 6.07) is 7.01. The maximum Gasteiger partial charge on any atom is 0.0589 e. The molecular weight excluding hydrogens is 264 g/mol. The lowest BCUT2D eigenvalue weighted by Gasteiger charge is -2.27. The monoisotopic (exact) mass is 294 g/mol. The summed E-state index contributed by atoms with van der Waals surface area (Å²) >= 11 is 0. The second kappa shape index (κ2) is 9.90. The Balaban J connectivity index is 2.73. The van der Waals surface area contributed by atoms with Crippen molar-refractivity contribution in [2.75, 3.05) is 54.1 Å². The predicted octanol–water partition coefficient (Wildman–Crippen LogP) is 2.16. The SMILES string of the molecule is CNC(CN(CCOC)CCOC)c1ccc(C)c(C)c1. The van der Waals surface area contributed by atoms with Gasteiger partial charge in [-0.15, -0.1) is 0 Å². The Hall–Kier alpha value is -0.940. The number of aryl methyl sites for hydroxylation is 2. The van der Waals surface area contributed by atoms with E-state index in [0.717, 1.165) is 32.8 Å². The topological polar surface area (TPSA) is 33.7 Å². The molecule has 0 spiro atoms. The van der Waals surface area contributed by atoms with Gasteiger partial charge in [0.25, 0.3) is 0 Å². The molecule has 21 heavy (non-hydrogen) atoms. The molecule has 0 heterocycles. The molecule has 0 saturated carbocycles. The molecule has 0 saturated heterocycles. The molecule has 0 radical (unpaired) electrons. The fraction of sp³-hybridized carbons (Fsp3) is 0.647. The lowest BCUT2D eigenvalue weighted by atomic mass is 10.0. The second-order valence-corrected chi connectivity index (χ2v) is 5.47. The highest BCUT2D eigenvalue weighted by molar-refractivity contribution is 5.31. The molecule has 4 nitrogen and oxygen atoms in total. The van der Waals surface area contributed by atoms with Crippen molar-refractivity contribution in [3.8, 4) is 0 Å². The molecule has 0 aliphatic heterocycles. The molecule has 1 unspecified atom stereocenters. The molecule has 0 fully saturated rings. The van der Waals surface area contributed by atoms with Gasteiger partial charge in [0.05, 0.1) is 13.2 Å². The van der Waals surface area contributed by atoms with Crippen molar-refractivity contribution in [1.82, 2.24) is 10.2 Å². The number of benzene rings is 1. The van der Waals surface area contributed by atoms with Crippen LogP contribution in [0.1, 0.15) is 22.7 Å². The summed E-state index contributed by atoms with van der Waals surface area (Å²) in [6.45, 7) is 8.59. The first-order valence-electron chi connectivity index (χ1n) is 7.57. The Labute approximate surface area is 129 Å². The maximum absolute atomic E-state index is 5.21. The minimum atomic E-state index is 0.318. The largest absolute Gasteiger partial charge is 0.383 e. The standard InChI is InChI=1S/C17H30N2O2/c1-14-6-7-16(12-15(14)2)17(18-3)13-19(8-10-20-4)9-11-21-5/h6-7,12,17-18H,8-11,13H2,1-5H3. The van der Waals surface area contributed by atoms with E-state index in [1.54, 1.807) is 14.2 Å². The third kappa shape index (κ3) is 6.14. The molecule has 0 aliphatic carbocycles. The van der Waals surface area contributed by atoms with Gasteiger partial charge in [0.1, 0.15) is 0 Å². The van der Waals surface area contributed by atoms with Crippen LogP contribution in [0.25, 0.3) is 0 Å². The average Bonchev–Trinajstić information content (AvgIpc) is 2.49. The van der Waals surface area contributed by atoms with Gasteiger partial charge in [0.2, 0.25) is 0 Å². The molecule has 1 rings (SSSR count). The number of likely N-dealkylation sites (N-methyl/N-ethyl adjacent to an activating group) is 1. The zero-order chi connectivity index (χ0) is 15.7. The van der Waals surface area contributed by atoms with Crippen molar-refractivity contribution in [2.24, 2.45) is 0 Å². The van der Waals surface area contributed by atoms with Crippen LogP contribution in [-0.4, -0.2) is 59.0 Å². The minimum absolute atomic E-state index is 0.318. The van der Waals surface area contributed by atoms with E-state index < -0.39 is 0 Å². The summed E-state index contributed by atoms with van der Waals surface area (Å²) in [5, 5.41) is 3.43. The number of nitrogens with zero attached hydrogens (tertiary/aromatic N) is 1. The van der Waals surface area contributed by atoms with Crippen LogP contribution in [0.4, 0.5) is 0 Å². The van der Waals surface area contributed by atoms with E-state index >= 15 is 0 Å². The van der Waals surface area contributed by atoms with Crippen LogP contribution in [-0.2, 0) is 9.47 Å². The van der Waals surface area contributed by atoms with E-state index in [1.807, 2.05) is 7.05 Å². The van der Waals surface area contributed by atoms with Crippen LogP contribution in [0, 0.1) is 13.8 Å². The van der Waals surface area contributed by atoms with Gasteiger partial charge in [-0.25, -0.2) is 0 Å². The van der Waals surface area contributed by atoms with Crippen LogP contribution in [0.2, 0.25) is 0 Å². The number of hydrogen-bond acceptors (Lipinski definition) is 4. The number of ether oxygens (including phenoxy) is 2. The Morgan fingerprint density at radius 2 is 1.67 bits per heavy atom. The van der Waals surface area contributed by atoms with E-state index in [9.17, 15) is 0 Å². The van der Waals surface area contributed by atoms with Crippen molar-refractivity contribution in [3.05, 3.63) is 34.9 Å². The Kier molecular flexibility index (Phi) is 8.54. The molecule has 0 amide bonds. The molecule has 0 aliphatic rings. The molecule has 0 aromatic heterocycles. The molecule has 120 valence electrons. The number of methoxy groups -OCH3 is 2. The lowest BCUT2D eigenvalue weighted by molar-refractivity contribution is 0.108. The van der Waals surface area contributed by atoms with Gasteiger partial charge in [0.15, 0.2) is 0 Å². The molecular formula is C17H30N2O2. The first kappa shape index (κ1) is 18.1. The Morgan fingerprint density at radius 1 is 1.05 bits per heavy atom. The molecule has 4 heteroatoms. The van der Waals surface area contributed by atoms with Gasteiger partial charge < -0.3 is 14.8 Å². The summed E-state index contributed by atoms with van der Waals surface area (Å²) in [4.78, 5) is 2.38. The van der Waals surface area contributed by atoms with Gasteiger partial charge >= 0.3 is 0 Å². The highest BCUT2D eigenvalue weighted by atomic mass is 16.5. The van der Waals surface area contributed by atoms with Gasteiger partial charge in [-0.2, -0.15) is 0 Å². The van der Waals surface area contributed by atoms with E-state index in [1.165, 1.54) is 16.7 Å². The van der Waals surface area contributed by atoms with Crippen molar-refractivity contribution < 1.29 is 9.47 Å². The smallest absolute Gasteiger partial charge is 0.0589 e. The first-order chi connectivity index (χ1) is 10.1. The quantitative estimate of drug-likeness (QED) is 0.717. The molecule has 0 bridgehead atoms. The molecule has 1 aromatic rings. The van der Waals surface area contributed by atoms with Gasteiger partial charge in [0, 0.05) is 39.9 Å². The van der Waals surface area contributed by atoms with Crippen LogP contribution in [0.3, 0.4) is 0 Å². The van der Waals surface area contributed by atoms with E-state index in [0.29, 0.717) is 6.04 Å². The molecule has 1 atom stereocenters. The van der Waals surface area contributed by atoms with Crippen molar-refractivity contribution in [3.63, 3.8) is 0 Å². The number of rotatable bonds is 10. The molecule has 1 N–H and O–H groups in total. The maximum atomic E-state index is 5.21. The Bertz CT molecular complexity index is 402. The van der Waals surface area contributed by atoms with Crippen molar-refractivity contribution in [1.29, 1.82) is 0 Å². The van der Waals surface area contributed by atoms with E-state index in [-0.39, 0.29) is 0 Å².